The maximum absolute atomic E-state index is 12.4. The van der Waals surface area contributed by atoms with Gasteiger partial charge >= 0.3 is 17.9 Å². The number of benzene rings is 1. The third kappa shape index (κ3) is 7.47. The van der Waals surface area contributed by atoms with Crippen LogP contribution in [0.5, 0.6) is 0 Å². The first-order valence-electron chi connectivity index (χ1n) is 8.36. The zero-order valence-corrected chi connectivity index (χ0v) is 16.2. The molecule has 0 aliphatic heterocycles. The van der Waals surface area contributed by atoms with E-state index >= 15 is 0 Å². The fourth-order valence-electron chi connectivity index (χ4n) is 2.19. The summed E-state index contributed by atoms with van der Waals surface area (Å²) in [4.78, 5) is 47.8. The molecule has 0 aliphatic rings. The van der Waals surface area contributed by atoms with Crippen LogP contribution in [0.4, 0.5) is 0 Å². The molecule has 0 aliphatic carbocycles. The van der Waals surface area contributed by atoms with Gasteiger partial charge in [0.2, 0.25) is 0 Å². The Morgan fingerprint density at radius 2 is 1.67 bits per heavy atom. The lowest BCUT2D eigenvalue weighted by Crippen LogP contribution is -2.42. The van der Waals surface area contributed by atoms with Crippen LogP contribution in [0.15, 0.2) is 24.3 Å². The number of carbonyl (C=O) groups is 4. The summed E-state index contributed by atoms with van der Waals surface area (Å²) in [6.07, 6.45) is -0.0520. The summed E-state index contributed by atoms with van der Waals surface area (Å²) in [5.41, 5.74) is -0.271. The van der Waals surface area contributed by atoms with Gasteiger partial charge < -0.3 is 19.5 Å². The highest BCUT2D eigenvalue weighted by atomic mass is 16.6. The fraction of sp³-hybridized carbons (Fsp3) is 0.474. The molecule has 1 aromatic carbocycles. The third-order valence-electron chi connectivity index (χ3n) is 3.39. The van der Waals surface area contributed by atoms with Gasteiger partial charge in [-0.05, 0) is 45.4 Å². The quantitative estimate of drug-likeness (QED) is 0.569. The summed E-state index contributed by atoms with van der Waals surface area (Å²) in [6, 6.07) is 4.84. The van der Waals surface area contributed by atoms with Gasteiger partial charge in [0.25, 0.3) is 5.91 Å². The van der Waals surface area contributed by atoms with Crippen LogP contribution in [-0.4, -0.2) is 49.7 Å². The monoisotopic (exact) mass is 379 g/mol. The topological polar surface area (TPSA) is 108 Å². The molecule has 1 amide bonds. The van der Waals surface area contributed by atoms with Crippen molar-refractivity contribution in [2.45, 2.75) is 45.3 Å². The van der Waals surface area contributed by atoms with Gasteiger partial charge in [0.15, 0.2) is 0 Å². The Hall–Kier alpha value is -2.90. The number of nitrogens with one attached hydrogen (secondary N) is 1. The molecule has 1 aromatic rings. The molecule has 8 heteroatoms. The van der Waals surface area contributed by atoms with Crippen LogP contribution in [0.3, 0.4) is 0 Å². The van der Waals surface area contributed by atoms with E-state index < -0.39 is 35.5 Å². The fourth-order valence-corrected chi connectivity index (χ4v) is 2.19. The van der Waals surface area contributed by atoms with Gasteiger partial charge in [-0.25, -0.2) is 9.59 Å². The lowest BCUT2D eigenvalue weighted by atomic mass is 10.1. The molecular formula is C19H25NO7. The van der Waals surface area contributed by atoms with E-state index in [1.807, 2.05) is 0 Å². The van der Waals surface area contributed by atoms with E-state index in [0.29, 0.717) is 0 Å². The summed E-state index contributed by atoms with van der Waals surface area (Å²) in [5.74, 6) is -2.34. The minimum Gasteiger partial charge on any atom is -0.467 e. The van der Waals surface area contributed by atoms with Gasteiger partial charge in [0, 0.05) is 12.0 Å². The molecule has 0 radical (unpaired) electrons. The Balaban J connectivity index is 2.82. The van der Waals surface area contributed by atoms with Crippen LogP contribution in [0.25, 0.3) is 0 Å². The number of esters is 3. The molecular weight excluding hydrogens is 354 g/mol. The van der Waals surface area contributed by atoms with Crippen molar-refractivity contribution in [1.82, 2.24) is 5.32 Å². The first kappa shape index (κ1) is 22.1. The Labute approximate surface area is 158 Å². The number of amides is 1. The van der Waals surface area contributed by atoms with Crippen LogP contribution < -0.4 is 5.32 Å². The number of ether oxygens (including phenoxy) is 3. The van der Waals surface area contributed by atoms with Crippen molar-refractivity contribution in [3.8, 4) is 0 Å². The second kappa shape index (κ2) is 9.70. The van der Waals surface area contributed by atoms with Crippen molar-refractivity contribution in [2.75, 3.05) is 14.2 Å². The van der Waals surface area contributed by atoms with Crippen molar-refractivity contribution in [3.63, 3.8) is 0 Å². The molecule has 148 valence electrons. The van der Waals surface area contributed by atoms with E-state index in [9.17, 15) is 19.2 Å². The van der Waals surface area contributed by atoms with Gasteiger partial charge in [-0.3, -0.25) is 9.59 Å². The van der Waals surface area contributed by atoms with Crippen LogP contribution in [0.2, 0.25) is 0 Å². The summed E-state index contributed by atoms with van der Waals surface area (Å²) in [7, 11) is 2.42. The normalized spacial score (nSPS) is 11.9. The predicted octanol–water partition coefficient (Wildman–Crippen LogP) is 1.87. The van der Waals surface area contributed by atoms with Crippen molar-refractivity contribution >= 4 is 23.8 Å². The minimum atomic E-state index is -1.03. The number of rotatable bonds is 7. The van der Waals surface area contributed by atoms with Crippen molar-refractivity contribution in [2.24, 2.45) is 0 Å². The Kier molecular flexibility index (Phi) is 7.96. The van der Waals surface area contributed by atoms with E-state index in [0.717, 1.165) is 0 Å². The maximum atomic E-state index is 12.4. The molecule has 0 saturated carbocycles. The molecule has 8 nitrogen and oxygen atoms in total. The maximum Gasteiger partial charge on any atom is 0.337 e. The number of methoxy groups -OCH3 is 2. The van der Waals surface area contributed by atoms with Crippen molar-refractivity contribution in [1.29, 1.82) is 0 Å². The van der Waals surface area contributed by atoms with Gasteiger partial charge in [-0.2, -0.15) is 0 Å². The lowest BCUT2D eigenvalue weighted by molar-refractivity contribution is -0.155. The number of carbonyl (C=O) groups excluding carboxylic acids is 4. The number of hydrogen-bond acceptors (Lipinski definition) is 7. The van der Waals surface area contributed by atoms with E-state index in [-0.39, 0.29) is 24.0 Å². The summed E-state index contributed by atoms with van der Waals surface area (Å²) in [5, 5.41) is 2.51. The molecule has 1 rings (SSSR count). The molecule has 0 bridgehead atoms. The minimum absolute atomic E-state index is 0.0179. The van der Waals surface area contributed by atoms with Crippen molar-refractivity contribution < 1.29 is 33.4 Å². The van der Waals surface area contributed by atoms with Gasteiger partial charge in [0.1, 0.15) is 11.6 Å². The predicted molar refractivity (Wildman–Crippen MR) is 96.1 cm³/mol. The second-order valence-electron chi connectivity index (χ2n) is 6.75. The average Bonchev–Trinajstić information content (AvgIpc) is 2.62. The smallest absolute Gasteiger partial charge is 0.337 e. The molecule has 1 atom stereocenters. The first-order valence-corrected chi connectivity index (χ1v) is 8.36. The van der Waals surface area contributed by atoms with Crippen LogP contribution >= 0.6 is 0 Å². The Morgan fingerprint density at radius 1 is 1.04 bits per heavy atom. The highest BCUT2D eigenvalue weighted by Gasteiger charge is 2.25. The van der Waals surface area contributed by atoms with Crippen molar-refractivity contribution in [3.05, 3.63) is 35.4 Å². The van der Waals surface area contributed by atoms with Crippen LogP contribution in [-0.2, 0) is 23.8 Å². The van der Waals surface area contributed by atoms with Gasteiger partial charge in [-0.15, -0.1) is 0 Å². The zero-order valence-electron chi connectivity index (χ0n) is 16.2. The summed E-state index contributed by atoms with van der Waals surface area (Å²) < 4.78 is 14.5. The van der Waals surface area contributed by atoms with Crippen LogP contribution in [0.1, 0.15) is 54.3 Å². The lowest BCUT2D eigenvalue weighted by Gasteiger charge is -2.21. The Bertz CT molecular complexity index is 706. The second-order valence-corrected chi connectivity index (χ2v) is 6.75. The molecule has 27 heavy (non-hydrogen) atoms. The molecule has 0 fully saturated rings. The average molecular weight is 379 g/mol. The largest absolute Gasteiger partial charge is 0.467 e. The summed E-state index contributed by atoms with van der Waals surface area (Å²) in [6.45, 7) is 5.20. The standard InChI is InChI=1S/C19H25NO7/c1-19(2,3)27-15(21)10-9-14(18(24)26-5)20-16(22)12-7-6-8-13(11-12)17(23)25-4/h6-8,11,14H,9-10H2,1-5H3,(H,20,22)/t14-/m1/s1. The van der Waals surface area contributed by atoms with E-state index in [1.54, 1.807) is 20.8 Å². The third-order valence-corrected chi connectivity index (χ3v) is 3.39. The molecule has 0 unspecified atom stereocenters. The highest BCUT2D eigenvalue weighted by molar-refractivity contribution is 5.99. The van der Waals surface area contributed by atoms with Gasteiger partial charge in [0.05, 0.1) is 19.8 Å². The summed E-state index contributed by atoms with van der Waals surface area (Å²) >= 11 is 0. The highest BCUT2D eigenvalue weighted by Crippen LogP contribution is 2.12. The van der Waals surface area contributed by atoms with E-state index in [2.05, 4.69) is 14.8 Å². The Morgan fingerprint density at radius 3 is 2.22 bits per heavy atom. The molecule has 0 saturated heterocycles. The van der Waals surface area contributed by atoms with E-state index in [4.69, 9.17) is 4.74 Å². The molecule has 1 N–H and O–H groups in total. The molecule has 0 spiro atoms. The number of hydrogen-bond donors (Lipinski definition) is 1. The zero-order chi connectivity index (χ0) is 20.6. The van der Waals surface area contributed by atoms with Gasteiger partial charge in [-0.1, -0.05) is 6.07 Å². The first-order chi connectivity index (χ1) is 12.6. The van der Waals surface area contributed by atoms with E-state index in [1.165, 1.54) is 38.5 Å². The molecule has 0 heterocycles. The SMILES string of the molecule is COC(=O)c1cccc(C(=O)N[C@H](CCC(=O)OC(C)(C)C)C(=O)OC)c1. The molecule has 0 aromatic heterocycles. The van der Waals surface area contributed by atoms with Crippen LogP contribution in [0, 0.1) is 0 Å².